The Labute approximate surface area is 232 Å². The van der Waals surface area contributed by atoms with Gasteiger partial charge < -0.3 is 19.9 Å². The summed E-state index contributed by atoms with van der Waals surface area (Å²) in [4.78, 5) is 25.4. The number of anilines is 1. The lowest BCUT2D eigenvalue weighted by atomic mass is 10.1. The van der Waals surface area contributed by atoms with Crippen LogP contribution in [0.5, 0.6) is 5.75 Å². The SMILES string of the molecule is CCn1c(SCC(=O)Nc2ccc(Br)c(Cl)c2)nnc1C(CCSC)NC(=O)c1ccc(OC)cc1. The van der Waals surface area contributed by atoms with Gasteiger partial charge in [-0.15, -0.1) is 10.2 Å². The van der Waals surface area contributed by atoms with Gasteiger partial charge in [0, 0.05) is 22.3 Å². The van der Waals surface area contributed by atoms with Gasteiger partial charge >= 0.3 is 0 Å². The molecule has 2 amide bonds. The average molecular weight is 613 g/mol. The third kappa shape index (κ3) is 7.64. The van der Waals surface area contributed by atoms with E-state index < -0.39 is 0 Å². The number of aromatic nitrogens is 3. The van der Waals surface area contributed by atoms with Crippen LogP contribution in [0.1, 0.15) is 35.6 Å². The maximum atomic E-state index is 12.9. The van der Waals surface area contributed by atoms with Crippen molar-refractivity contribution in [1.82, 2.24) is 20.1 Å². The Hall–Kier alpha value is -2.21. The molecule has 0 aliphatic carbocycles. The fourth-order valence-corrected chi connectivity index (χ4v) is 5.06. The summed E-state index contributed by atoms with van der Waals surface area (Å²) >= 11 is 12.4. The van der Waals surface area contributed by atoms with Crippen LogP contribution in [0.15, 0.2) is 52.1 Å². The Morgan fingerprint density at radius 1 is 1.19 bits per heavy atom. The summed E-state index contributed by atoms with van der Waals surface area (Å²) in [5, 5.41) is 15.8. The van der Waals surface area contributed by atoms with Gasteiger partial charge in [-0.1, -0.05) is 23.4 Å². The fraction of sp³-hybridized carbons (Fsp3) is 0.333. The normalized spacial score (nSPS) is 11.7. The Morgan fingerprint density at radius 2 is 1.94 bits per heavy atom. The summed E-state index contributed by atoms with van der Waals surface area (Å²) in [7, 11) is 1.58. The number of methoxy groups -OCH3 is 1. The maximum absolute atomic E-state index is 12.9. The molecule has 36 heavy (non-hydrogen) atoms. The number of hydrogen-bond acceptors (Lipinski definition) is 7. The van der Waals surface area contributed by atoms with E-state index in [1.165, 1.54) is 11.8 Å². The van der Waals surface area contributed by atoms with Gasteiger partial charge in [0.1, 0.15) is 5.75 Å². The Balaban J connectivity index is 1.70. The minimum Gasteiger partial charge on any atom is -0.497 e. The van der Waals surface area contributed by atoms with Crippen LogP contribution >= 0.6 is 51.1 Å². The zero-order chi connectivity index (χ0) is 26.1. The quantitative estimate of drug-likeness (QED) is 0.254. The molecule has 0 aliphatic rings. The average Bonchev–Trinajstić information content (AvgIpc) is 3.30. The molecule has 3 rings (SSSR count). The third-order valence-corrected chi connectivity index (χ3v) is 8.02. The molecular weight excluding hydrogens is 586 g/mol. The maximum Gasteiger partial charge on any atom is 0.251 e. The van der Waals surface area contributed by atoms with E-state index in [9.17, 15) is 9.59 Å². The van der Waals surface area contributed by atoms with Crippen molar-refractivity contribution in [3.8, 4) is 5.75 Å². The van der Waals surface area contributed by atoms with E-state index in [2.05, 4.69) is 36.8 Å². The van der Waals surface area contributed by atoms with Crippen LogP contribution in [-0.2, 0) is 11.3 Å². The molecule has 8 nitrogen and oxygen atoms in total. The number of nitrogens with one attached hydrogen (secondary N) is 2. The second-order valence-electron chi connectivity index (χ2n) is 7.59. The number of carbonyl (C=O) groups is 2. The lowest BCUT2D eigenvalue weighted by Gasteiger charge is -2.19. The number of rotatable bonds is 12. The smallest absolute Gasteiger partial charge is 0.251 e. The Kier molecular flexibility index (Phi) is 11.0. The van der Waals surface area contributed by atoms with Gasteiger partial charge in [-0.25, -0.2) is 0 Å². The van der Waals surface area contributed by atoms with Gasteiger partial charge in [-0.3, -0.25) is 9.59 Å². The highest BCUT2D eigenvalue weighted by Crippen LogP contribution is 2.27. The number of carbonyl (C=O) groups excluding carboxylic acids is 2. The number of ether oxygens (including phenoxy) is 1. The van der Waals surface area contributed by atoms with E-state index in [0.717, 1.165) is 10.2 Å². The second-order valence-corrected chi connectivity index (χ2v) is 10.8. The molecular formula is C24H27BrClN5O3S2. The van der Waals surface area contributed by atoms with Gasteiger partial charge in [0.2, 0.25) is 5.91 Å². The third-order valence-electron chi connectivity index (χ3n) is 5.18. The zero-order valence-corrected chi connectivity index (χ0v) is 24.1. The molecule has 0 aliphatic heterocycles. The van der Waals surface area contributed by atoms with Crippen LogP contribution in [0.25, 0.3) is 0 Å². The molecule has 192 valence electrons. The van der Waals surface area contributed by atoms with Gasteiger partial charge in [-0.2, -0.15) is 11.8 Å². The van der Waals surface area contributed by atoms with Crippen molar-refractivity contribution in [2.24, 2.45) is 0 Å². The van der Waals surface area contributed by atoms with Gasteiger partial charge in [0.15, 0.2) is 11.0 Å². The van der Waals surface area contributed by atoms with Crippen LogP contribution in [0, 0.1) is 0 Å². The summed E-state index contributed by atoms with van der Waals surface area (Å²) in [6.07, 6.45) is 2.71. The lowest BCUT2D eigenvalue weighted by Crippen LogP contribution is -2.31. The van der Waals surface area contributed by atoms with Crippen molar-refractivity contribution in [3.05, 3.63) is 63.3 Å². The largest absolute Gasteiger partial charge is 0.497 e. The van der Waals surface area contributed by atoms with E-state index >= 15 is 0 Å². The van der Waals surface area contributed by atoms with E-state index in [-0.39, 0.29) is 23.6 Å². The highest BCUT2D eigenvalue weighted by Gasteiger charge is 2.23. The van der Waals surface area contributed by atoms with Crippen molar-refractivity contribution in [2.75, 3.05) is 30.2 Å². The molecule has 0 spiro atoms. The highest BCUT2D eigenvalue weighted by atomic mass is 79.9. The summed E-state index contributed by atoms with van der Waals surface area (Å²) in [5.41, 5.74) is 1.15. The van der Waals surface area contributed by atoms with Crippen molar-refractivity contribution < 1.29 is 14.3 Å². The minimum absolute atomic E-state index is 0.152. The van der Waals surface area contributed by atoms with Crippen LogP contribution in [0.3, 0.4) is 0 Å². The second kappa shape index (κ2) is 13.9. The van der Waals surface area contributed by atoms with Crippen molar-refractivity contribution >= 4 is 68.6 Å². The molecule has 2 N–H and O–H groups in total. The standard InChI is InChI=1S/C24H27BrClN5O3S2/c1-4-31-22(20(11-12-35-3)28-23(33)15-5-8-17(34-2)9-6-15)29-30-24(31)36-14-21(32)27-16-7-10-18(25)19(26)13-16/h5-10,13,20H,4,11-12,14H2,1-3H3,(H,27,32)(H,28,33). The molecule has 0 saturated heterocycles. The first kappa shape index (κ1) is 28.4. The first-order chi connectivity index (χ1) is 17.4. The topological polar surface area (TPSA) is 98.1 Å². The first-order valence-electron chi connectivity index (χ1n) is 11.1. The number of benzene rings is 2. The van der Waals surface area contributed by atoms with Crippen LogP contribution < -0.4 is 15.4 Å². The molecule has 2 aromatic carbocycles. The first-order valence-corrected chi connectivity index (χ1v) is 14.7. The molecule has 0 fully saturated rings. The Morgan fingerprint density at radius 3 is 2.58 bits per heavy atom. The summed E-state index contributed by atoms with van der Waals surface area (Å²) in [6, 6.07) is 11.9. The van der Waals surface area contributed by atoms with Crippen LogP contribution in [0.4, 0.5) is 5.69 Å². The monoisotopic (exact) mass is 611 g/mol. The lowest BCUT2D eigenvalue weighted by molar-refractivity contribution is -0.113. The molecule has 0 bridgehead atoms. The highest BCUT2D eigenvalue weighted by molar-refractivity contribution is 9.10. The van der Waals surface area contributed by atoms with Crippen molar-refractivity contribution in [2.45, 2.75) is 31.1 Å². The molecule has 1 unspecified atom stereocenters. The molecule has 1 aromatic heterocycles. The van der Waals surface area contributed by atoms with Gasteiger partial charge in [0.05, 0.1) is 23.9 Å². The molecule has 1 atom stereocenters. The molecule has 0 radical (unpaired) electrons. The van der Waals surface area contributed by atoms with E-state index in [1.807, 2.05) is 17.7 Å². The Bertz CT molecular complexity index is 1190. The van der Waals surface area contributed by atoms with Gasteiger partial charge in [-0.05, 0) is 83.7 Å². The molecule has 3 aromatic rings. The van der Waals surface area contributed by atoms with E-state index in [0.29, 0.717) is 46.0 Å². The summed E-state index contributed by atoms with van der Waals surface area (Å²) in [5.74, 6) is 1.96. The van der Waals surface area contributed by atoms with Crippen molar-refractivity contribution in [1.29, 1.82) is 0 Å². The van der Waals surface area contributed by atoms with E-state index in [1.54, 1.807) is 61.3 Å². The number of thioether (sulfide) groups is 2. The summed E-state index contributed by atoms with van der Waals surface area (Å²) in [6.45, 7) is 2.58. The number of nitrogens with zero attached hydrogens (tertiary/aromatic N) is 3. The van der Waals surface area contributed by atoms with Crippen LogP contribution in [-0.4, -0.2) is 51.5 Å². The van der Waals surface area contributed by atoms with E-state index in [4.69, 9.17) is 16.3 Å². The molecule has 12 heteroatoms. The number of halogens is 2. The zero-order valence-electron chi connectivity index (χ0n) is 20.1. The molecule has 1 heterocycles. The summed E-state index contributed by atoms with van der Waals surface area (Å²) < 4.78 is 7.87. The van der Waals surface area contributed by atoms with Gasteiger partial charge in [0.25, 0.3) is 5.91 Å². The number of hydrogen-bond donors (Lipinski definition) is 2. The predicted molar refractivity (Wildman–Crippen MR) is 150 cm³/mol. The molecule has 0 saturated carbocycles. The van der Waals surface area contributed by atoms with Crippen LogP contribution in [0.2, 0.25) is 5.02 Å². The predicted octanol–water partition coefficient (Wildman–Crippen LogP) is 5.68. The van der Waals surface area contributed by atoms with Crippen molar-refractivity contribution in [3.63, 3.8) is 0 Å². The fourth-order valence-electron chi connectivity index (χ4n) is 3.35. The number of amides is 2. The minimum atomic E-state index is -0.326.